The van der Waals surface area contributed by atoms with Crippen molar-refractivity contribution in [2.45, 2.75) is 96.9 Å². The summed E-state index contributed by atoms with van der Waals surface area (Å²) in [6.07, 6.45) is 6.35. The second-order valence-electron chi connectivity index (χ2n) is 10.5. The van der Waals surface area contributed by atoms with Gasteiger partial charge in [0.25, 0.3) is 0 Å². The number of carbonyl (C=O) groups is 2. The molecule has 6 atom stereocenters. The van der Waals surface area contributed by atoms with Gasteiger partial charge in [0.15, 0.2) is 0 Å². The molecule has 5 unspecified atom stereocenters. The first-order valence-corrected chi connectivity index (χ1v) is 10.6. The first-order valence-electron chi connectivity index (χ1n) is 10.6. The van der Waals surface area contributed by atoms with Crippen molar-refractivity contribution in [3.05, 3.63) is 0 Å². The molecule has 152 valence electrons. The molecule has 2 aliphatic heterocycles. The average Bonchev–Trinajstić information content (AvgIpc) is 3.09. The van der Waals surface area contributed by atoms with Gasteiger partial charge in [-0.1, -0.05) is 34.1 Å². The van der Waals surface area contributed by atoms with Crippen LogP contribution in [-0.4, -0.2) is 35.9 Å². The third-order valence-corrected chi connectivity index (χ3v) is 8.40. The van der Waals surface area contributed by atoms with Crippen molar-refractivity contribution in [3.63, 3.8) is 0 Å². The van der Waals surface area contributed by atoms with Crippen LogP contribution in [0.5, 0.6) is 0 Å². The molecule has 2 saturated carbocycles. The van der Waals surface area contributed by atoms with Crippen LogP contribution in [-0.2, 0) is 23.8 Å². The lowest BCUT2D eigenvalue weighted by Gasteiger charge is -2.65. The zero-order valence-corrected chi connectivity index (χ0v) is 17.4. The molecule has 2 saturated heterocycles. The van der Waals surface area contributed by atoms with E-state index in [1.807, 2.05) is 0 Å². The van der Waals surface area contributed by atoms with Gasteiger partial charge in [-0.15, -0.1) is 0 Å². The standard InChI is InChI=1S/C22H34O5/c1-14-11-16(26-15(2)23)18-19(3,4)7-6-8-20(18,5)22(14)10-9-21(27-22)12-17(24)25-13-21/h14,16,18H,6-13H2,1-5H3/t14-,16?,18?,20?,21?,22?/m0/s1. The molecule has 0 aromatic carbocycles. The van der Waals surface area contributed by atoms with E-state index < -0.39 is 5.60 Å². The van der Waals surface area contributed by atoms with Crippen LogP contribution in [0.25, 0.3) is 0 Å². The van der Waals surface area contributed by atoms with E-state index in [4.69, 9.17) is 14.2 Å². The predicted molar refractivity (Wildman–Crippen MR) is 99.9 cm³/mol. The molecule has 0 N–H and O–H groups in total. The largest absolute Gasteiger partial charge is 0.463 e. The van der Waals surface area contributed by atoms with Gasteiger partial charge in [0, 0.05) is 18.3 Å². The van der Waals surface area contributed by atoms with Gasteiger partial charge in [-0.2, -0.15) is 0 Å². The van der Waals surface area contributed by atoms with E-state index in [1.165, 1.54) is 6.92 Å². The second kappa shape index (κ2) is 5.95. The molecule has 2 aliphatic carbocycles. The molecule has 2 heterocycles. The Hall–Kier alpha value is -1.10. The van der Waals surface area contributed by atoms with Gasteiger partial charge in [-0.25, -0.2) is 0 Å². The molecule has 4 fully saturated rings. The summed E-state index contributed by atoms with van der Waals surface area (Å²) in [5.41, 5.74) is -0.724. The topological polar surface area (TPSA) is 61.8 Å². The quantitative estimate of drug-likeness (QED) is 0.645. The summed E-state index contributed by atoms with van der Waals surface area (Å²) < 4.78 is 18.2. The smallest absolute Gasteiger partial charge is 0.308 e. The fraction of sp³-hybridized carbons (Fsp3) is 0.909. The van der Waals surface area contributed by atoms with E-state index in [0.29, 0.717) is 13.0 Å². The zero-order chi connectivity index (χ0) is 19.7. The van der Waals surface area contributed by atoms with E-state index in [-0.39, 0.29) is 46.3 Å². The number of hydrogen-bond acceptors (Lipinski definition) is 5. The fourth-order valence-electron chi connectivity index (χ4n) is 7.49. The first-order chi connectivity index (χ1) is 12.5. The van der Waals surface area contributed by atoms with Crippen LogP contribution < -0.4 is 0 Å². The van der Waals surface area contributed by atoms with E-state index in [0.717, 1.165) is 38.5 Å². The summed E-state index contributed by atoms with van der Waals surface area (Å²) in [5, 5.41) is 0. The van der Waals surface area contributed by atoms with Gasteiger partial charge in [-0.05, 0) is 43.4 Å². The highest BCUT2D eigenvalue weighted by atomic mass is 16.6. The van der Waals surface area contributed by atoms with Crippen molar-refractivity contribution in [3.8, 4) is 0 Å². The maximum absolute atomic E-state index is 11.9. The summed E-state index contributed by atoms with van der Waals surface area (Å²) >= 11 is 0. The Kier molecular flexibility index (Phi) is 4.24. The van der Waals surface area contributed by atoms with Crippen molar-refractivity contribution >= 4 is 11.9 Å². The van der Waals surface area contributed by atoms with Gasteiger partial charge in [0.1, 0.15) is 18.3 Å². The fourth-order valence-corrected chi connectivity index (χ4v) is 7.49. The third-order valence-electron chi connectivity index (χ3n) is 8.40. The molecule has 5 heteroatoms. The minimum absolute atomic E-state index is 0.0648. The third kappa shape index (κ3) is 2.67. The summed E-state index contributed by atoms with van der Waals surface area (Å²) in [6, 6.07) is 0. The summed E-state index contributed by atoms with van der Waals surface area (Å²) in [6.45, 7) is 11.2. The molecule has 4 rings (SSSR count). The molecule has 5 nitrogen and oxygen atoms in total. The zero-order valence-electron chi connectivity index (χ0n) is 17.4. The Morgan fingerprint density at radius 3 is 2.52 bits per heavy atom. The Balaban J connectivity index is 1.75. The summed E-state index contributed by atoms with van der Waals surface area (Å²) in [7, 11) is 0. The number of cyclic esters (lactones) is 1. The van der Waals surface area contributed by atoms with Gasteiger partial charge in [0.2, 0.25) is 0 Å². The Morgan fingerprint density at radius 2 is 1.89 bits per heavy atom. The number of ether oxygens (including phenoxy) is 3. The molecule has 4 aliphatic rings. The van der Waals surface area contributed by atoms with Crippen LogP contribution in [0.4, 0.5) is 0 Å². The van der Waals surface area contributed by atoms with E-state index in [9.17, 15) is 9.59 Å². The minimum Gasteiger partial charge on any atom is -0.463 e. The molecule has 0 radical (unpaired) electrons. The van der Waals surface area contributed by atoms with Crippen LogP contribution >= 0.6 is 0 Å². The number of carbonyl (C=O) groups excluding carboxylic acids is 2. The van der Waals surface area contributed by atoms with Crippen LogP contribution in [0.15, 0.2) is 0 Å². The predicted octanol–water partition coefficient (Wildman–Crippen LogP) is 4.03. The van der Waals surface area contributed by atoms with Crippen LogP contribution in [0, 0.1) is 22.7 Å². The number of fused-ring (bicyclic) bond motifs is 2. The van der Waals surface area contributed by atoms with Gasteiger partial charge in [-0.3, -0.25) is 9.59 Å². The molecule has 0 aromatic rings. The van der Waals surface area contributed by atoms with Crippen molar-refractivity contribution < 1.29 is 23.8 Å². The van der Waals surface area contributed by atoms with E-state index in [2.05, 4.69) is 27.7 Å². The van der Waals surface area contributed by atoms with Gasteiger partial charge < -0.3 is 14.2 Å². The molecular formula is C22H34O5. The highest BCUT2D eigenvalue weighted by Gasteiger charge is 2.70. The van der Waals surface area contributed by atoms with Crippen molar-refractivity contribution in [2.75, 3.05) is 6.61 Å². The van der Waals surface area contributed by atoms with Crippen molar-refractivity contribution in [1.82, 2.24) is 0 Å². The SMILES string of the molecule is CC(=O)OC1C[C@H](C)C2(CCC3(COC(=O)C3)O2)C2(C)CCCC(C)(C)C12. The lowest BCUT2D eigenvalue weighted by atomic mass is 9.43. The number of esters is 2. The van der Waals surface area contributed by atoms with Crippen LogP contribution in [0.3, 0.4) is 0 Å². The number of hydrogen-bond donors (Lipinski definition) is 0. The average molecular weight is 379 g/mol. The molecular weight excluding hydrogens is 344 g/mol. The van der Waals surface area contributed by atoms with E-state index >= 15 is 0 Å². The molecule has 27 heavy (non-hydrogen) atoms. The highest BCUT2D eigenvalue weighted by Crippen LogP contribution is 2.68. The second-order valence-corrected chi connectivity index (χ2v) is 10.5. The molecule has 0 bridgehead atoms. The first kappa shape index (κ1) is 19.2. The Labute approximate surface area is 162 Å². The number of rotatable bonds is 1. The van der Waals surface area contributed by atoms with Crippen LogP contribution in [0.1, 0.15) is 79.6 Å². The Bertz CT molecular complexity index is 657. The lowest BCUT2D eigenvalue weighted by molar-refractivity contribution is -0.272. The molecule has 0 aromatic heterocycles. The minimum atomic E-state index is -0.450. The van der Waals surface area contributed by atoms with Crippen LogP contribution in [0.2, 0.25) is 0 Å². The normalized spacial score (nSPS) is 48.5. The summed E-state index contributed by atoms with van der Waals surface area (Å²) in [5.74, 6) is 0.198. The maximum atomic E-state index is 11.9. The Morgan fingerprint density at radius 1 is 1.15 bits per heavy atom. The highest BCUT2D eigenvalue weighted by molar-refractivity contribution is 5.73. The monoisotopic (exact) mass is 378 g/mol. The van der Waals surface area contributed by atoms with Crippen molar-refractivity contribution in [1.29, 1.82) is 0 Å². The van der Waals surface area contributed by atoms with Gasteiger partial charge in [0.05, 0.1) is 12.0 Å². The molecule has 0 amide bonds. The van der Waals surface area contributed by atoms with Gasteiger partial charge >= 0.3 is 11.9 Å². The van der Waals surface area contributed by atoms with E-state index in [1.54, 1.807) is 0 Å². The lowest BCUT2D eigenvalue weighted by Crippen LogP contribution is -2.67. The van der Waals surface area contributed by atoms with Crippen molar-refractivity contribution in [2.24, 2.45) is 22.7 Å². The molecule has 2 spiro atoms. The maximum Gasteiger partial charge on any atom is 0.308 e. The summed E-state index contributed by atoms with van der Waals surface area (Å²) in [4.78, 5) is 23.7.